The summed E-state index contributed by atoms with van der Waals surface area (Å²) in [7, 11) is 0. The SMILES string of the molecule is N#Cc1cnc2sc(N)nc2c1. The second-order valence-corrected chi connectivity index (χ2v) is 3.22. The van der Waals surface area contributed by atoms with Crippen molar-refractivity contribution in [2.24, 2.45) is 0 Å². The van der Waals surface area contributed by atoms with E-state index in [-0.39, 0.29) is 0 Å². The average Bonchev–Trinajstić information content (AvgIpc) is 2.43. The first-order valence-corrected chi connectivity index (χ1v) is 4.03. The number of nitrogens with two attached hydrogens (primary N) is 1. The molecule has 0 fully saturated rings. The van der Waals surface area contributed by atoms with E-state index in [0.717, 1.165) is 4.83 Å². The lowest BCUT2D eigenvalue weighted by atomic mass is 10.3. The molecule has 0 radical (unpaired) electrons. The molecule has 0 spiro atoms. The van der Waals surface area contributed by atoms with Crippen LogP contribution in [0.2, 0.25) is 0 Å². The fraction of sp³-hybridized carbons (Fsp3) is 0. The highest BCUT2D eigenvalue weighted by molar-refractivity contribution is 7.21. The monoisotopic (exact) mass is 176 g/mol. The van der Waals surface area contributed by atoms with Crippen molar-refractivity contribution >= 4 is 26.8 Å². The molecule has 0 aromatic carbocycles. The topological polar surface area (TPSA) is 75.6 Å². The van der Waals surface area contributed by atoms with Gasteiger partial charge in [0, 0.05) is 6.20 Å². The number of nitrogens with zero attached hydrogens (tertiary/aromatic N) is 3. The van der Waals surface area contributed by atoms with Gasteiger partial charge < -0.3 is 5.73 Å². The maximum absolute atomic E-state index is 8.56. The molecule has 0 unspecified atom stereocenters. The molecule has 58 valence electrons. The predicted molar refractivity (Wildman–Crippen MR) is 46.5 cm³/mol. The molecule has 2 aromatic heterocycles. The van der Waals surface area contributed by atoms with Gasteiger partial charge in [-0.15, -0.1) is 0 Å². The molecule has 2 aromatic rings. The number of aromatic nitrogens is 2. The molecule has 12 heavy (non-hydrogen) atoms. The first-order chi connectivity index (χ1) is 5.79. The molecule has 2 rings (SSSR count). The van der Waals surface area contributed by atoms with Crippen LogP contribution >= 0.6 is 11.3 Å². The van der Waals surface area contributed by atoms with E-state index in [0.29, 0.717) is 16.2 Å². The lowest BCUT2D eigenvalue weighted by Crippen LogP contribution is -1.80. The van der Waals surface area contributed by atoms with Crippen LogP contribution in [0.1, 0.15) is 5.56 Å². The Hall–Kier alpha value is -1.67. The van der Waals surface area contributed by atoms with Gasteiger partial charge in [-0.2, -0.15) is 5.26 Å². The van der Waals surface area contributed by atoms with Gasteiger partial charge in [-0.05, 0) is 6.07 Å². The molecule has 0 amide bonds. The van der Waals surface area contributed by atoms with Gasteiger partial charge in [-0.25, -0.2) is 9.97 Å². The van der Waals surface area contributed by atoms with Gasteiger partial charge in [0.15, 0.2) is 5.13 Å². The highest BCUT2D eigenvalue weighted by Crippen LogP contribution is 2.21. The molecule has 0 aliphatic rings. The number of pyridine rings is 1. The summed E-state index contributed by atoms with van der Waals surface area (Å²) in [5, 5.41) is 9.04. The van der Waals surface area contributed by atoms with E-state index in [4.69, 9.17) is 11.0 Å². The summed E-state index contributed by atoms with van der Waals surface area (Å²) < 4.78 is 0. The number of hydrogen-bond donors (Lipinski definition) is 1. The lowest BCUT2D eigenvalue weighted by molar-refractivity contribution is 1.37. The molecule has 0 aliphatic heterocycles. The fourth-order valence-electron chi connectivity index (χ4n) is 0.901. The molecule has 5 heteroatoms. The van der Waals surface area contributed by atoms with Gasteiger partial charge in [0.05, 0.1) is 5.56 Å². The standard InChI is InChI=1S/C7H4N4S/c8-2-4-1-5-6(10-3-4)12-7(9)11-5/h1,3H,(H2,9,11). The highest BCUT2D eigenvalue weighted by Gasteiger charge is 2.02. The van der Waals surface area contributed by atoms with Crippen molar-refractivity contribution in [3.63, 3.8) is 0 Å². The van der Waals surface area contributed by atoms with Gasteiger partial charge >= 0.3 is 0 Å². The Balaban J connectivity index is 2.77. The first-order valence-electron chi connectivity index (χ1n) is 3.22. The molecule has 0 bridgehead atoms. The van der Waals surface area contributed by atoms with Gasteiger partial charge in [0.1, 0.15) is 16.4 Å². The normalized spacial score (nSPS) is 9.92. The van der Waals surface area contributed by atoms with Crippen molar-refractivity contribution in [2.75, 3.05) is 5.73 Å². The van der Waals surface area contributed by atoms with Crippen LogP contribution in [0.3, 0.4) is 0 Å². The van der Waals surface area contributed by atoms with Gasteiger partial charge in [0.2, 0.25) is 0 Å². The van der Waals surface area contributed by atoms with Crippen molar-refractivity contribution in [2.45, 2.75) is 0 Å². The molecule has 0 aliphatic carbocycles. The zero-order chi connectivity index (χ0) is 8.55. The van der Waals surface area contributed by atoms with E-state index in [9.17, 15) is 0 Å². The summed E-state index contributed by atoms with van der Waals surface area (Å²) in [6.07, 6.45) is 1.51. The molecule has 4 nitrogen and oxygen atoms in total. The Morgan fingerprint density at radius 2 is 2.42 bits per heavy atom. The maximum atomic E-state index is 8.56. The van der Waals surface area contributed by atoms with Gasteiger partial charge in [-0.1, -0.05) is 11.3 Å². The molecule has 0 saturated carbocycles. The molecule has 2 N–H and O–H groups in total. The van der Waals surface area contributed by atoms with E-state index >= 15 is 0 Å². The summed E-state index contributed by atoms with van der Waals surface area (Å²) >= 11 is 1.32. The Morgan fingerprint density at radius 3 is 3.17 bits per heavy atom. The van der Waals surface area contributed by atoms with Crippen molar-refractivity contribution in [1.29, 1.82) is 5.26 Å². The second-order valence-electron chi connectivity index (χ2n) is 2.21. The fourth-order valence-corrected chi connectivity index (χ4v) is 1.56. The smallest absolute Gasteiger partial charge is 0.182 e. The summed E-state index contributed by atoms with van der Waals surface area (Å²) in [4.78, 5) is 8.80. The molecule has 0 atom stereocenters. The quantitative estimate of drug-likeness (QED) is 0.653. The van der Waals surface area contributed by atoms with Crippen LogP contribution < -0.4 is 5.73 Å². The van der Waals surface area contributed by atoms with E-state index in [1.807, 2.05) is 6.07 Å². The Kier molecular flexibility index (Phi) is 1.42. The molecule has 0 saturated heterocycles. The van der Waals surface area contributed by atoms with Crippen molar-refractivity contribution in [3.05, 3.63) is 17.8 Å². The third-order valence-corrected chi connectivity index (χ3v) is 2.20. The summed E-state index contributed by atoms with van der Waals surface area (Å²) in [5.74, 6) is 0. The Bertz CT molecular complexity index is 468. The van der Waals surface area contributed by atoms with Crippen LogP contribution in [0.25, 0.3) is 10.3 Å². The van der Waals surface area contributed by atoms with Crippen molar-refractivity contribution in [1.82, 2.24) is 9.97 Å². The third kappa shape index (κ3) is 0.984. The third-order valence-electron chi connectivity index (χ3n) is 1.39. The van der Waals surface area contributed by atoms with Gasteiger partial charge in [0.25, 0.3) is 0 Å². The minimum Gasteiger partial charge on any atom is -0.375 e. The second kappa shape index (κ2) is 2.43. The van der Waals surface area contributed by atoms with Crippen LogP contribution in [0, 0.1) is 11.3 Å². The van der Waals surface area contributed by atoms with Crippen molar-refractivity contribution in [3.8, 4) is 6.07 Å². The van der Waals surface area contributed by atoms with Crippen LogP contribution in [0.15, 0.2) is 12.3 Å². The van der Waals surface area contributed by atoms with Crippen LogP contribution in [0.5, 0.6) is 0 Å². The van der Waals surface area contributed by atoms with Gasteiger partial charge in [-0.3, -0.25) is 0 Å². The summed E-state index contributed by atoms with van der Waals surface area (Å²) in [5.41, 5.74) is 6.67. The number of hydrogen-bond acceptors (Lipinski definition) is 5. The summed E-state index contributed by atoms with van der Waals surface area (Å²) in [6, 6.07) is 3.67. The van der Waals surface area contributed by atoms with Crippen LogP contribution in [-0.4, -0.2) is 9.97 Å². The number of nitriles is 1. The average molecular weight is 176 g/mol. The summed E-state index contributed by atoms with van der Waals surface area (Å²) in [6.45, 7) is 0. The minimum absolute atomic E-state index is 0.479. The Labute approximate surface area is 72.3 Å². The highest BCUT2D eigenvalue weighted by atomic mass is 32.1. The number of anilines is 1. The predicted octanol–water partition coefficient (Wildman–Crippen LogP) is 1.15. The van der Waals surface area contributed by atoms with E-state index in [1.165, 1.54) is 17.5 Å². The zero-order valence-electron chi connectivity index (χ0n) is 5.98. The number of fused-ring (bicyclic) bond motifs is 1. The largest absolute Gasteiger partial charge is 0.375 e. The number of rotatable bonds is 0. The van der Waals surface area contributed by atoms with Crippen LogP contribution in [0.4, 0.5) is 5.13 Å². The lowest BCUT2D eigenvalue weighted by Gasteiger charge is -1.85. The van der Waals surface area contributed by atoms with Crippen LogP contribution in [-0.2, 0) is 0 Å². The zero-order valence-corrected chi connectivity index (χ0v) is 6.80. The number of nitrogen functional groups attached to an aromatic ring is 1. The Morgan fingerprint density at radius 1 is 1.58 bits per heavy atom. The first kappa shape index (κ1) is 7.00. The van der Waals surface area contributed by atoms with Crippen molar-refractivity contribution < 1.29 is 0 Å². The molecular formula is C7H4N4S. The minimum atomic E-state index is 0.479. The van der Waals surface area contributed by atoms with E-state index in [2.05, 4.69) is 9.97 Å². The number of thiazole rings is 1. The molecule has 2 heterocycles. The maximum Gasteiger partial charge on any atom is 0.182 e. The van der Waals surface area contributed by atoms with E-state index in [1.54, 1.807) is 6.07 Å². The molecular weight excluding hydrogens is 172 g/mol. The van der Waals surface area contributed by atoms with E-state index < -0.39 is 0 Å².